The first-order chi connectivity index (χ1) is 4.77. The van der Waals surface area contributed by atoms with Gasteiger partial charge in [0.1, 0.15) is 0 Å². The lowest BCUT2D eigenvalue weighted by molar-refractivity contribution is -0.216. The van der Waals surface area contributed by atoms with E-state index in [2.05, 4.69) is 18.7 Å². The molecular weight excluding hydrogens is 126 g/mol. The zero-order valence-corrected chi connectivity index (χ0v) is 6.71. The van der Waals surface area contributed by atoms with Crippen LogP contribution in [0.15, 0.2) is 0 Å². The van der Waals surface area contributed by atoms with E-state index >= 15 is 0 Å². The third-order valence-corrected chi connectivity index (χ3v) is 2.39. The van der Waals surface area contributed by atoms with Gasteiger partial charge in [0.2, 0.25) is 0 Å². The third kappa shape index (κ3) is 0.867. The highest BCUT2D eigenvalue weighted by atomic mass is 16.5. The van der Waals surface area contributed by atoms with Gasteiger partial charge >= 0.3 is 0 Å². The van der Waals surface area contributed by atoms with Crippen LogP contribution in [0, 0.1) is 5.92 Å². The molecule has 0 N–H and O–H groups in total. The zero-order valence-electron chi connectivity index (χ0n) is 6.71. The summed E-state index contributed by atoms with van der Waals surface area (Å²) in [6, 6.07) is 0.794. The summed E-state index contributed by atoms with van der Waals surface area (Å²) in [5.74, 6) is 0.807. The van der Waals surface area contributed by atoms with Crippen LogP contribution in [-0.4, -0.2) is 36.7 Å². The molecular formula is C8H15NO. The molecule has 2 aliphatic heterocycles. The molecule has 0 saturated carbocycles. The minimum absolute atomic E-state index is 0.610. The topological polar surface area (TPSA) is 12.5 Å². The van der Waals surface area contributed by atoms with E-state index in [4.69, 9.17) is 4.74 Å². The van der Waals surface area contributed by atoms with Gasteiger partial charge in [-0.1, -0.05) is 13.8 Å². The van der Waals surface area contributed by atoms with E-state index in [9.17, 15) is 0 Å². The number of hydrogen-bond donors (Lipinski definition) is 0. The van der Waals surface area contributed by atoms with Crippen LogP contribution in [0.2, 0.25) is 0 Å². The molecule has 2 saturated heterocycles. The Morgan fingerprint density at radius 1 is 1.60 bits per heavy atom. The molecule has 2 heterocycles. The molecule has 2 heteroatoms. The van der Waals surface area contributed by atoms with E-state index in [0.717, 1.165) is 18.6 Å². The van der Waals surface area contributed by atoms with Crippen LogP contribution in [-0.2, 0) is 4.74 Å². The Morgan fingerprint density at radius 2 is 2.40 bits per heavy atom. The summed E-state index contributed by atoms with van der Waals surface area (Å²) in [6.45, 7) is 7.96. The Balaban J connectivity index is 1.76. The number of hydrogen-bond acceptors (Lipinski definition) is 2. The van der Waals surface area contributed by atoms with Crippen molar-refractivity contribution in [2.75, 3.05) is 19.7 Å². The largest absolute Gasteiger partial charge is 0.373 e. The van der Waals surface area contributed by atoms with Crippen molar-refractivity contribution in [2.45, 2.75) is 26.0 Å². The first-order valence-electron chi connectivity index (χ1n) is 4.13. The summed E-state index contributed by atoms with van der Waals surface area (Å²) in [5.41, 5.74) is 0. The first kappa shape index (κ1) is 6.62. The number of morpholine rings is 1. The molecule has 0 aromatic heterocycles. The summed E-state index contributed by atoms with van der Waals surface area (Å²) in [6.07, 6.45) is 0.610. The van der Waals surface area contributed by atoms with E-state index in [1.165, 1.54) is 13.1 Å². The molecule has 0 amide bonds. The molecule has 2 atom stereocenters. The van der Waals surface area contributed by atoms with Gasteiger partial charge in [0.25, 0.3) is 0 Å². The molecule has 58 valence electrons. The fourth-order valence-corrected chi connectivity index (χ4v) is 1.74. The quantitative estimate of drug-likeness (QED) is 0.562. The Hall–Kier alpha value is -0.0800. The fourth-order valence-electron chi connectivity index (χ4n) is 1.74. The van der Waals surface area contributed by atoms with Crippen LogP contribution >= 0.6 is 0 Å². The van der Waals surface area contributed by atoms with Crippen LogP contribution in [0.1, 0.15) is 13.8 Å². The van der Waals surface area contributed by atoms with Gasteiger partial charge < -0.3 is 4.74 Å². The highest BCUT2D eigenvalue weighted by Gasteiger charge is 2.46. The molecule has 2 unspecified atom stereocenters. The lowest BCUT2D eigenvalue weighted by Crippen LogP contribution is -2.70. The second-order valence-corrected chi connectivity index (χ2v) is 3.79. The van der Waals surface area contributed by atoms with Crippen LogP contribution in [0.5, 0.6) is 0 Å². The van der Waals surface area contributed by atoms with Crippen LogP contribution < -0.4 is 0 Å². The van der Waals surface area contributed by atoms with Gasteiger partial charge in [-0.3, -0.25) is 4.90 Å². The molecule has 0 aromatic rings. The maximum absolute atomic E-state index is 5.30. The molecule has 0 radical (unpaired) electrons. The molecule has 0 aromatic carbocycles. The molecule has 10 heavy (non-hydrogen) atoms. The van der Waals surface area contributed by atoms with Crippen LogP contribution in [0.4, 0.5) is 0 Å². The normalized spacial score (nSPS) is 38.7. The first-order valence-corrected chi connectivity index (χ1v) is 4.13. The van der Waals surface area contributed by atoms with Crippen molar-refractivity contribution in [1.82, 2.24) is 4.90 Å². The van der Waals surface area contributed by atoms with Gasteiger partial charge in [-0.2, -0.15) is 0 Å². The Kier molecular flexibility index (Phi) is 1.46. The van der Waals surface area contributed by atoms with Gasteiger partial charge in [0, 0.05) is 13.1 Å². The Labute approximate surface area is 62.2 Å². The summed E-state index contributed by atoms with van der Waals surface area (Å²) < 4.78 is 5.30. The molecule has 0 aliphatic carbocycles. The smallest absolute Gasteiger partial charge is 0.0880 e. The summed E-state index contributed by atoms with van der Waals surface area (Å²) >= 11 is 0. The minimum atomic E-state index is 0.610. The highest BCUT2D eigenvalue weighted by molar-refractivity contribution is 4.99. The Bertz CT molecular complexity index is 135. The van der Waals surface area contributed by atoms with Crippen molar-refractivity contribution < 1.29 is 4.74 Å². The molecule has 2 aliphatic rings. The number of likely N-dealkylation sites (tertiary alicyclic amines) is 1. The lowest BCUT2D eigenvalue weighted by Gasteiger charge is -2.55. The second-order valence-electron chi connectivity index (χ2n) is 3.79. The lowest BCUT2D eigenvalue weighted by atomic mass is 9.93. The van der Waals surface area contributed by atoms with E-state index in [0.29, 0.717) is 6.10 Å². The van der Waals surface area contributed by atoms with Gasteiger partial charge in [-0.05, 0) is 5.92 Å². The monoisotopic (exact) mass is 141 g/mol. The molecule has 2 fully saturated rings. The van der Waals surface area contributed by atoms with E-state index in [-0.39, 0.29) is 0 Å². The van der Waals surface area contributed by atoms with Crippen molar-refractivity contribution in [1.29, 1.82) is 0 Å². The van der Waals surface area contributed by atoms with E-state index in [1.54, 1.807) is 0 Å². The predicted molar refractivity (Wildman–Crippen MR) is 39.9 cm³/mol. The Morgan fingerprint density at radius 3 is 2.70 bits per heavy atom. The van der Waals surface area contributed by atoms with Crippen molar-refractivity contribution in [3.8, 4) is 0 Å². The number of ether oxygens (including phenoxy) is 1. The SMILES string of the molecule is CC(C)CN1CC2OCC21. The van der Waals surface area contributed by atoms with E-state index < -0.39 is 0 Å². The predicted octanol–water partition coefficient (Wildman–Crippen LogP) is 0.725. The minimum Gasteiger partial charge on any atom is -0.373 e. The maximum atomic E-state index is 5.30. The zero-order chi connectivity index (χ0) is 7.14. The molecule has 2 nitrogen and oxygen atoms in total. The van der Waals surface area contributed by atoms with Crippen molar-refractivity contribution >= 4 is 0 Å². The van der Waals surface area contributed by atoms with Gasteiger partial charge in [-0.25, -0.2) is 0 Å². The van der Waals surface area contributed by atoms with Crippen LogP contribution in [0.3, 0.4) is 0 Å². The second kappa shape index (κ2) is 2.21. The fraction of sp³-hybridized carbons (Fsp3) is 1.00. The average molecular weight is 141 g/mol. The van der Waals surface area contributed by atoms with E-state index in [1.807, 2.05) is 0 Å². The summed E-state index contributed by atoms with van der Waals surface area (Å²) in [4.78, 5) is 2.53. The number of nitrogens with zero attached hydrogens (tertiary/aromatic N) is 1. The van der Waals surface area contributed by atoms with Crippen LogP contribution in [0.25, 0.3) is 0 Å². The van der Waals surface area contributed by atoms with Gasteiger partial charge in [-0.15, -0.1) is 0 Å². The van der Waals surface area contributed by atoms with Gasteiger partial charge in [0.05, 0.1) is 18.8 Å². The molecule has 2 rings (SSSR count). The third-order valence-electron chi connectivity index (χ3n) is 2.39. The standard InChI is InChI=1S/C8H15NO/c1-6(2)3-9-4-8-7(9)5-10-8/h6-8H,3-5H2,1-2H3. The van der Waals surface area contributed by atoms with Crippen molar-refractivity contribution in [3.63, 3.8) is 0 Å². The molecule has 0 bridgehead atoms. The van der Waals surface area contributed by atoms with Gasteiger partial charge in [0.15, 0.2) is 0 Å². The maximum Gasteiger partial charge on any atom is 0.0880 e. The number of fused-ring (bicyclic) bond motifs is 1. The number of rotatable bonds is 2. The highest BCUT2D eigenvalue weighted by Crippen LogP contribution is 2.30. The van der Waals surface area contributed by atoms with Crippen molar-refractivity contribution in [3.05, 3.63) is 0 Å². The summed E-state index contributed by atoms with van der Waals surface area (Å²) in [7, 11) is 0. The van der Waals surface area contributed by atoms with Crippen molar-refractivity contribution in [2.24, 2.45) is 5.92 Å². The molecule has 0 spiro atoms. The average Bonchev–Trinajstić information content (AvgIpc) is 1.80. The summed E-state index contributed by atoms with van der Waals surface area (Å²) in [5, 5.41) is 0.